The Bertz CT molecular complexity index is 69.3. The quantitative estimate of drug-likeness (QED) is 0.649. The molecule has 0 aromatic heterocycles. The smallest absolute Gasteiger partial charge is 0.0112 e. The third-order valence-electron chi connectivity index (χ3n) is 0.803. The molecular weight excluding hydrogens is 134 g/mol. The number of halogens is 1. The molecule has 1 N–H and O–H groups in total. The fourth-order valence-corrected chi connectivity index (χ4v) is 0.378. The number of hydrogen-bond acceptors (Lipinski definition) is 1. The van der Waals surface area contributed by atoms with Crippen molar-refractivity contribution < 1.29 is 0 Å². The molecule has 9 heavy (non-hydrogen) atoms. The van der Waals surface area contributed by atoms with Crippen LogP contribution in [0.1, 0.15) is 20.8 Å². The Morgan fingerprint density at radius 3 is 2.33 bits per heavy atom. The molecule has 0 amide bonds. The highest BCUT2D eigenvalue weighted by atomic mass is 35.5. The van der Waals surface area contributed by atoms with Crippen LogP contribution in [0.25, 0.3) is 0 Å². The van der Waals surface area contributed by atoms with Gasteiger partial charge in [0, 0.05) is 6.54 Å². The van der Waals surface area contributed by atoms with Crippen molar-refractivity contribution in [3.05, 3.63) is 12.3 Å². The van der Waals surface area contributed by atoms with Gasteiger partial charge in [0.05, 0.1) is 0 Å². The van der Waals surface area contributed by atoms with E-state index in [0.717, 1.165) is 6.54 Å². The van der Waals surface area contributed by atoms with Gasteiger partial charge in [0.2, 0.25) is 0 Å². The van der Waals surface area contributed by atoms with Gasteiger partial charge >= 0.3 is 0 Å². The Morgan fingerprint density at radius 2 is 2.00 bits per heavy atom. The summed E-state index contributed by atoms with van der Waals surface area (Å²) in [5.41, 5.74) is 0. The van der Waals surface area contributed by atoms with E-state index in [1.165, 1.54) is 0 Å². The molecule has 0 saturated carbocycles. The highest BCUT2D eigenvalue weighted by Crippen LogP contribution is 1.90. The summed E-state index contributed by atoms with van der Waals surface area (Å²) in [5.74, 6) is 0.661. The molecule has 0 unspecified atom stereocenters. The van der Waals surface area contributed by atoms with Crippen LogP contribution in [0.3, 0.4) is 0 Å². The topological polar surface area (TPSA) is 12.0 Å². The molecule has 0 fully saturated rings. The monoisotopic (exact) mass is 149 g/mol. The van der Waals surface area contributed by atoms with E-state index in [-0.39, 0.29) is 12.4 Å². The number of hydrogen-bond donors (Lipinski definition) is 1. The van der Waals surface area contributed by atoms with Crippen LogP contribution in [-0.2, 0) is 0 Å². The molecule has 0 aromatic rings. The average Bonchev–Trinajstić information content (AvgIpc) is 1.66. The first kappa shape index (κ1) is 11.6. The van der Waals surface area contributed by atoms with E-state index in [0.29, 0.717) is 5.92 Å². The lowest BCUT2D eigenvalue weighted by molar-refractivity contribution is 0.810. The molecule has 0 heterocycles. The molecular formula is C7H16ClN. The Hall–Kier alpha value is -0.170. The van der Waals surface area contributed by atoms with Crippen molar-refractivity contribution in [2.24, 2.45) is 5.92 Å². The van der Waals surface area contributed by atoms with E-state index < -0.39 is 0 Å². The predicted molar refractivity (Wildman–Crippen MR) is 44.9 cm³/mol. The highest BCUT2D eigenvalue weighted by molar-refractivity contribution is 5.85. The van der Waals surface area contributed by atoms with Crippen molar-refractivity contribution in [1.82, 2.24) is 5.32 Å². The Kier molecular flexibility index (Phi) is 10.1. The van der Waals surface area contributed by atoms with Gasteiger partial charge in [-0.15, -0.1) is 12.4 Å². The van der Waals surface area contributed by atoms with Crippen LogP contribution >= 0.6 is 12.4 Å². The fraction of sp³-hybridized carbons (Fsp3) is 0.714. The number of nitrogens with one attached hydrogen (secondary N) is 1. The maximum absolute atomic E-state index is 3.10. The van der Waals surface area contributed by atoms with Crippen LogP contribution < -0.4 is 5.32 Å². The second-order valence-corrected chi connectivity index (χ2v) is 2.16. The first-order valence-corrected chi connectivity index (χ1v) is 3.17. The van der Waals surface area contributed by atoms with Crippen molar-refractivity contribution in [1.29, 1.82) is 0 Å². The van der Waals surface area contributed by atoms with Crippen LogP contribution in [0.4, 0.5) is 0 Å². The Morgan fingerprint density at radius 1 is 1.44 bits per heavy atom. The minimum absolute atomic E-state index is 0. The number of rotatable bonds is 3. The molecule has 0 saturated heterocycles. The molecule has 56 valence electrons. The summed E-state index contributed by atoms with van der Waals surface area (Å²) in [5, 5.41) is 3.10. The maximum atomic E-state index is 3.10. The third kappa shape index (κ3) is 11.4. The molecule has 0 rings (SSSR count). The molecule has 0 aliphatic carbocycles. The van der Waals surface area contributed by atoms with Gasteiger partial charge in [0.15, 0.2) is 0 Å². The van der Waals surface area contributed by atoms with Crippen molar-refractivity contribution in [2.45, 2.75) is 20.8 Å². The van der Waals surface area contributed by atoms with Crippen LogP contribution in [0.2, 0.25) is 0 Å². The third-order valence-corrected chi connectivity index (χ3v) is 0.803. The van der Waals surface area contributed by atoms with E-state index in [2.05, 4.69) is 32.2 Å². The van der Waals surface area contributed by atoms with Gasteiger partial charge in [-0.05, 0) is 19.0 Å². The number of allylic oxidation sites excluding steroid dienone is 1. The molecule has 0 atom stereocenters. The Balaban J connectivity index is 0. The van der Waals surface area contributed by atoms with Gasteiger partial charge in [0.25, 0.3) is 0 Å². The molecule has 2 heteroatoms. The molecule has 0 aromatic carbocycles. The lowest BCUT2D eigenvalue weighted by atomic mass is 10.2. The molecule has 0 radical (unpaired) electrons. The second kappa shape index (κ2) is 7.83. The van der Waals surface area contributed by atoms with Crippen molar-refractivity contribution in [3.8, 4) is 0 Å². The maximum Gasteiger partial charge on any atom is 0.0112 e. The minimum Gasteiger partial charge on any atom is -0.391 e. The summed E-state index contributed by atoms with van der Waals surface area (Å²) in [4.78, 5) is 0. The Labute approximate surface area is 63.9 Å². The highest BCUT2D eigenvalue weighted by Gasteiger charge is 1.79. The van der Waals surface area contributed by atoms with Gasteiger partial charge in [-0.2, -0.15) is 0 Å². The zero-order valence-electron chi connectivity index (χ0n) is 6.35. The lowest BCUT2D eigenvalue weighted by Crippen LogP contribution is -2.01. The second-order valence-electron chi connectivity index (χ2n) is 2.16. The molecule has 1 nitrogen and oxygen atoms in total. The van der Waals surface area contributed by atoms with Crippen LogP contribution in [0.5, 0.6) is 0 Å². The van der Waals surface area contributed by atoms with E-state index in [1.54, 1.807) is 0 Å². The van der Waals surface area contributed by atoms with Crippen LogP contribution in [0, 0.1) is 5.92 Å². The van der Waals surface area contributed by atoms with Crippen LogP contribution in [0.15, 0.2) is 12.3 Å². The standard InChI is InChI=1S/C7H15N.ClH/c1-4-8-6-5-7(2)3;/h5-8H,4H2,1-3H3;1H/b6-5+;. The molecule has 0 bridgehead atoms. The van der Waals surface area contributed by atoms with Crippen LogP contribution in [-0.4, -0.2) is 6.54 Å². The van der Waals surface area contributed by atoms with E-state index in [1.807, 2.05) is 6.20 Å². The van der Waals surface area contributed by atoms with Gasteiger partial charge in [-0.25, -0.2) is 0 Å². The summed E-state index contributed by atoms with van der Waals surface area (Å²) in [6, 6.07) is 0. The summed E-state index contributed by atoms with van der Waals surface area (Å²) in [6.45, 7) is 7.43. The SMILES string of the molecule is CCN/C=C/C(C)C.Cl. The zero-order valence-corrected chi connectivity index (χ0v) is 7.16. The first-order valence-electron chi connectivity index (χ1n) is 3.17. The average molecular weight is 150 g/mol. The fourth-order valence-electron chi connectivity index (χ4n) is 0.378. The normalized spacial score (nSPS) is 9.78. The van der Waals surface area contributed by atoms with E-state index in [4.69, 9.17) is 0 Å². The molecule has 0 aliphatic rings. The molecule has 0 spiro atoms. The summed E-state index contributed by atoms with van der Waals surface area (Å²) in [7, 11) is 0. The van der Waals surface area contributed by atoms with Crippen molar-refractivity contribution in [3.63, 3.8) is 0 Å². The van der Waals surface area contributed by atoms with Crippen molar-refractivity contribution >= 4 is 12.4 Å². The summed E-state index contributed by atoms with van der Waals surface area (Å²) in [6.07, 6.45) is 4.15. The predicted octanol–water partition coefficient (Wildman–Crippen LogP) is 2.19. The van der Waals surface area contributed by atoms with E-state index >= 15 is 0 Å². The van der Waals surface area contributed by atoms with Crippen molar-refractivity contribution in [2.75, 3.05) is 6.54 Å². The minimum atomic E-state index is 0. The molecule has 0 aliphatic heterocycles. The van der Waals surface area contributed by atoms with Gasteiger partial charge in [0.1, 0.15) is 0 Å². The van der Waals surface area contributed by atoms with E-state index in [9.17, 15) is 0 Å². The van der Waals surface area contributed by atoms with Gasteiger partial charge in [-0.1, -0.05) is 19.9 Å². The summed E-state index contributed by atoms with van der Waals surface area (Å²) < 4.78 is 0. The first-order chi connectivity index (χ1) is 3.77. The lowest BCUT2D eigenvalue weighted by Gasteiger charge is -1.93. The zero-order chi connectivity index (χ0) is 6.41. The summed E-state index contributed by atoms with van der Waals surface area (Å²) >= 11 is 0. The van der Waals surface area contributed by atoms with Gasteiger partial charge in [-0.3, -0.25) is 0 Å². The van der Waals surface area contributed by atoms with Gasteiger partial charge < -0.3 is 5.32 Å². The largest absolute Gasteiger partial charge is 0.391 e.